The number of nitrogens with zero attached hydrogens (tertiary/aromatic N) is 5. The monoisotopic (exact) mass is 394 g/mol. The zero-order chi connectivity index (χ0) is 19.5. The van der Waals surface area contributed by atoms with Gasteiger partial charge in [0.05, 0.1) is 29.8 Å². The lowest BCUT2D eigenvalue weighted by atomic mass is 10.2. The smallest absolute Gasteiger partial charge is 0.258 e. The second kappa shape index (κ2) is 7.81. The third-order valence-electron chi connectivity index (χ3n) is 4.29. The maximum atomic E-state index is 12.3. The lowest BCUT2D eigenvalue weighted by Gasteiger charge is -2.11. The number of thioether (sulfide) groups is 1. The van der Waals surface area contributed by atoms with Crippen molar-refractivity contribution in [1.82, 2.24) is 30.2 Å². The number of benzene rings is 2. The van der Waals surface area contributed by atoms with Crippen LogP contribution in [0.5, 0.6) is 5.75 Å². The van der Waals surface area contributed by atoms with Crippen LogP contribution in [0.25, 0.3) is 10.9 Å². The van der Waals surface area contributed by atoms with Crippen molar-refractivity contribution in [2.75, 3.05) is 7.11 Å². The zero-order valence-electron chi connectivity index (χ0n) is 15.4. The summed E-state index contributed by atoms with van der Waals surface area (Å²) in [4.78, 5) is 19.8. The van der Waals surface area contributed by atoms with Crippen molar-refractivity contribution in [2.45, 2.75) is 23.9 Å². The second-order valence-electron chi connectivity index (χ2n) is 6.20. The maximum absolute atomic E-state index is 12.3. The van der Waals surface area contributed by atoms with Crippen molar-refractivity contribution < 1.29 is 4.74 Å². The van der Waals surface area contributed by atoms with Gasteiger partial charge < -0.3 is 9.72 Å². The first-order valence-electron chi connectivity index (χ1n) is 8.69. The Bertz CT molecular complexity index is 1160. The van der Waals surface area contributed by atoms with E-state index in [4.69, 9.17) is 4.74 Å². The quantitative estimate of drug-likeness (QED) is 0.502. The van der Waals surface area contributed by atoms with Crippen LogP contribution < -0.4 is 10.3 Å². The average molecular weight is 394 g/mol. The van der Waals surface area contributed by atoms with E-state index in [2.05, 4.69) is 25.5 Å². The third-order valence-corrected chi connectivity index (χ3v) is 5.37. The molecule has 28 heavy (non-hydrogen) atoms. The number of rotatable bonds is 6. The van der Waals surface area contributed by atoms with Crippen molar-refractivity contribution in [1.29, 1.82) is 0 Å². The molecule has 0 spiro atoms. The lowest BCUT2D eigenvalue weighted by molar-refractivity contribution is 0.414. The number of fused-ring (bicyclic) bond motifs is 1. The van der Waals surface area contributed by atoms with Gasteiger partial charge in [-0.15, -0.1) is 5.10 Å². The summed E-state index contributed by atoms with van der Waals surface area (Å²) in [6.45, 7) is 2.50. The van der Waals surface area contributed by atoms with Crippen molar-refractivity contribution in [3.05, 3.63) is 70.3 Å². The first kappa shape index (κ1) is 18.2. The lowest BCUT2D eigenvalue weighted by Crippen LogP contribution is -2.13. The van der Waals surface area contributed by atoms with Gasteiger partial charge in [-0.25, -0.2) is 9.67 Å². The minimum Gasteiger partial charge on any atom is -0.497 e. The highest BCUT2D eigenvalue weighted by Gasteiger charge is 2.17. The largest absolute Gasteiger partial charge is 0.497 e. The van der Waals surface area contributed by atoms with Gasteiger partial charge in [-0.05, 0) is 47.2 Å². The standard InChI is InChI=1S/C19H18N6O2S/c1-12(17-20-16-6-4-3-5-15(16)18(26)21-17)28-19-22-23-24-25(19)11-13-7-9-14(27-2)10-8-13/h3-10,12H,11H2,1-2H3,(H,20,21,26). The summed E-state index contributed by atoms with van der Waals surface area (Å²) in [5.74, 6) is 1.39. The third kappa shape index (κ3) is 3.74. The van der Waals surface area contributed by atoms with Gasteiger partial charge in [-0.3, -0.25) is 4.79 Å². The van der Waals surface area contributed by atoms with Crippen LogP contribution in [0.2, 0.25) is 0 Å². The molecule has 2 heterocycles. The van der Waals surface area contributed by atoms with E-state index in [0.717, 1.165) is 11.3 Å². The van der Waals surface area contributed by atoms with Gasteiger partial charge in [0.2, 0.25) is 5.16 Å². The van der Waals surface area contributed by atoms with Gasteiger partial charge in [0.25, 0.3) is 5.56 Å². The fourth-order valence-electron chi connectivity index (χ4n) is 2.79. The molecule has 0 aliphatic heterocycles. The number of hydrogen-bond acceptors (Lipinski definition) is 7. The van der Waals surface area contributed by atoms with E-state index in [0.29, 0.717) is 28.4 Å². The molecule has 0 bridgehead atoms. The van der Waals surface area contributed by atoms with E-state index in [1.54, 1.807) is 17.9 Å². The number of ether oxygens (including phenoxy) is 1. The van der Waals surface area contributed by atoms with Gasteiger partial charge in [0, 0.05) is 0 Å². The van der Waals surface area contributed by atoms with Crippen molar-refractivity contribution in [3.63, 3.8) is 0 Å². The van der Waals surface area contributed by atoms with Crippen LogP contribution in [0, 0.1) is 0 Å². The molecule has 1 N–H and O–H groups in total. The second-order valence-corrected chi connectivity index (χ2v) is 7.50. The molecular weight excluding hydrogens is 376 g/mol. The van der Waals surface area contributed by atoms with E-state index >= 15 is 0 Å². The summed E-state index contributed by atoms with van der Waals surface area (Å²) in [5, 5.41) is 13.1. The summed E-state index contributed by atoms with van der Waals surface area (Å²) in [5.41, 5.74) is 1.58. The van der Waals surface area contributed by atoms with Crippen LogP contribution in [0.15, 0.2) is 58.5 Å². The Labute approximate surface area is 165 Å². The van der Waals surface area contributed by atoms with Crippen molar-refractivity contribution >= 4 is 22.7 Å². The summed E-state index contributed by atoms with van der Waals surface area (Å²) >= 11 is 1.44. The number of aromatic amines is 1. The molecule has 4 aromatic rings. The van der Waals surface area contributed by atoms with Gasteiger partial charge in [0.15, 0.2) is 0 Å². The van der Waals surface area contributed by atoms with Crippen molar-refractivity contribution in [2.24, 2.45) is 0 Å². The molecule has 8 nitrogen and oxygen atoms in total. The van der Waals surface area contributed by atoms with Crippen LogP contribution in [0.4, 0.5) is 0 Å². The highest BCUT2D eigenvalue weighted by Crippen LogP contribution is 2.31. The van der Waals surface area contributed by atoms with E-state index in [1.165, 1.54) is 11.8 Å². The van der Waals surface area contributed by atoms with E-state index < -0.39 is 0 Å². The van der Waals surface area contributed by atoms with Crippen LogP contribution in [0.1, 0.15) is 23.6 Å². The molecule has 1 unspecified atom stereocenters. The molecule has 4 rings (SSSR count). The number of hydrogen-bond donors (Lipinski definition) is 1. The number of H-pyrrole nitrogens is 1. The molecule has 0 radical (unpaired) electrons. The topological polar surface area (TPSA) is 98.6 Å². The van der Waals surface area contributed by atoms with Crippen LogP contribution in [-0.2, 0) is 6.54 Å². The molecule has 2 aromatic heterocycles. The Morgan fingerprint density at radius 1 is 1.18 bits per heavy atom. The summed E-state index contributed by atoms with van der Waals surface area (Å²) < 4.78 is 6.91. The number of methoxy groups -OCH3 is 1. The zero-order valence-corrected chi connectivity index (χ0v) is 16.2. The minimum atomic E-state index is -0.147. The Morgan fingerprint density at radius 2 is 1.96 bits per heavy atom. The molecule has 0 saturated heterocycles. The molecule has 0 aliphatic rings. The van der Waals surface area contributed by atoms with E-state index in [-0.39, 0.29) is 10.8 Å². The van der Waals surface area contributed by atoms with Gasteiger partial charge in [-0.2, -0.15) is 0 Å². The minimum absolute atomic E-state index is 0.127. The van der Waals surface area contributed by atoms with Crippen LogP contribution in [0.3, 0.4) is 0 Å². The van der Waals surface area contributed by atoms with Gasteiger partial charge >= 0.3 is 0 Å². The molecule has 0 saturated carbocycles. The van der Waals surface area contributed by atoms with Crippen LogP contribution >= 0.6 is 11.8 Å². The SMILES string of the molecule is COc1ccc(Cn2nnnc2SC(C)c2nc3ccccc3c(=O)[nH]2)cc1. The predicted molar refractivity (Wildman–Crippen MR) is 107 cm³/mol. The van der Waals surface area contributed by atoms with E-state index in [9.17, 15) is 4.79 Å². The van der Waals surface area contributed by atoms with Crippen molar-refractivity contribution in [3.8, 4) is 5.75 Å². The first-order valence-corrected chi connectivity index (χ1v) is 9.56. The molecule has 0 aliphatic carbocycles. The molecule has 9 heteroatoms. The summed E-state index contributed by atoms with van der Waals surface area (Å²) in [6, 6.07) is 15.0. The Morgan fingerprint density at radius 3 is 2.75 bits per heavy atom. The molecule has 142 valence electrons. The highest BCUT2D eigenvalue weighted by atomic mass is 32.2. The summed E-state index contributed by atoms with van der Waals surface area (Å²) in [7, 11) is 1.64. The Kier molecular flexibility index (Phi) is 5.07. The van der Waals surface area contributed by atoms with Crippen LogP contribution in [-0.4, -0.2) is 37.3 Å². The number of nitrogens with one attached hydrogen (secondary N) is 1. The van der Waals surface area contributed by atoms with Gasteiger partial charge in [-0.1, -0.05) is 36.0 Å². The fourth-order valence-corrected chi connectivity index (χ4v) is 3.64. The molecular formula is C19H18N6O2S. The van der Waals surface area contributed by atoms with E-state index in [1.807, 2.05) is 49.4 Å². The number of tetrazole rings is 1. The number of para-hydroxylation sites is 1. The number of aromatic nitrogens is 6. The predicted octanol–water partition coefficient (Wildman–Crippen LogP) is 2.82. The Hall–Kier alpha value is -3.20. The molecule has 2 aromatic carbocycles. The first-order chi connectivity index (χ1) is 13.6. The normalized spacial score (nSPS) is 12.2. The van der Waals surface area contributed by atoms with Gasteiger partial charge in [0.1, 0.15) is 11.6 Å². The summed E-state index contributed by atoms with van der Waals surface area (Å²) in [6.07, 6.45) is 0. The molecule has 0 fully saturated rings. The average Bonchev–Trinajstić information content (AvgIpc) is 3.15. The fraction of sp³-hybridized carbons (Fsp3) is 0.211. The highest BCUT2D eigenvalue weighted by molar-refractivity contribution is 7.99. The molecule has 0 amide bonds. The molecule has 1 atom stereocenters. The maximum Gasteiger partial charge on any atom is 0.258 e. The Balaban J connectivity index is 1.55.